The molecule has 0 heterocycles. The van der Waals surface area contributed by atoms with E-state index in [2.05, 4.69) is 20.8 Å². The average molecular weight is 304 g/mol. The normalized spacial score (nSPS) is 24.9. The summed E-state index contributed by atoms with van der Waals surface area (Å²) in [4.78, 5) is 2.55. The molecule has 0 bridgehead atoms. The summed E-state index contributed by atoms with van der Waals surface area (Å²) in [6, 6.07) is 0.779. The van der Waals surface area contributed by atoms with Crippen molar-refractivity contribution in [3.63, 3.8) is 0 Å². The molecule has 0 aromatic rings. The van der Waals surface area contributed by atoms with Crippen LogP contribution in [0.5, 0.6) is 0 Å². The standard InChI is InChI=1S/C14H26BrNO/c15-11-14(7-3-1-2-4-8-14)12-16(9-10-17)13-5-6-13/h13,17H,1-12H2. The van der Waals surface area contributed by atoms with E-state index in [-0.39, 0.29) is 0 Å². The van der Waals surface area contributed by atoms with Gasteiger partial charge in [-0.3, -0.25) is 4.90 Å². The lowest BCUT2D eigenvalue weighted by molar-refractivity contribution is 0.120. The first-order valence-corrected chi connectivity index (χ1v) is 8.33. The second-order valence-electron chi connectivity index (χ2n) is 5.97. The van der Waals surface area contributed by atoms with Crippen LogP contribution in [0, 0.1) is 5.41 Å². The molecule has 100 valence electrons. The molecule has 1 N–H and O–H groups in total. The lowest BCUT2D eigenvalue weighted by Gasteiger charge is -2.37. The summed E-state index contributed by atoms with van der Waals surface area (Å²) in [5, 5.41) is 10.3. The summed E-state index contributed by atoms with van der Waals surface area (Å²) in [5.41, 5.74) is 0.480. The van der Waals surface area contributed by atoms with Gasteiger partial charge in [-0.1, -0.05) is 41.6 Å². The Morgan fingerprint density at radius 3 is 2.24 bits per heavy atom. The quantitative estimate of drug-likeness (QED) is 0.602. The van der Waals surface area contributed by atoms with Crippen LogP contribution in [0.3, 0.4) is 0 Å². The van der Waals surface area contributed by atoms with Gasteiger partial charge in [0.15, 0.2) is 0 Å². The van der Waals surface area contributed by atoms with E-state index in [1.165, 1.54) is 57.9 Å². The van der Waals surface area contributed by atoms with Crippen molar-refractivity contribution in [3.8, 4) is 0 Å². The molecule has 0 amide bonds. The Morgan fingerprint density at radius 1 is 1.12 bits per heavy atom. The minimum atomic E-state index is 0.314. The van der Waals surface area contributed by atoms with Crippen LogP contribution in [0.4, 0.5) is 0 Å². The van der Waals surface area contributed by atoms with E-state index in [4.69, 9.17) is 0 Å². The molecule has 0 radical (unpaired) electrons. The third-order valence-electron chi connectivity index (χ3n) is 4.44. The van der Waals surface area contributed by atoms with E-state index < -0.39 is 0 Å². The highest BCUT2D eigenvalue weighted by molar-refractivity contribution is 9.09. The topological polar surface area (TPSA) is 23.5 Å². The van der Waals surface area contributed by atoms with Crippen molar-refractivity contribution in [1.29, 1.82) is 0 Å². The molecule has 0 unspecified atom stereocenters. The van der Waals surface area contributed by atoms with E-state index >= 15 is 0 Å². The number of aliphatic hydroxyl groups is 1. The highest BCUT2D eigenvalue weighted by Gasteiger charge is 2.36. The Balaban J connectivity index is 1.94. The summed E-state index contributed by atoms with van der Waals surface area (Å²) < 4.78 is 0. The van der Waals surface area contributed by atoms with Crippen molar-refractivity contribution in [3.05, 3.63) is 0 Å². The van der Waals surface area contributed by atoms with Gasteiger partial charge < -0.3 is 5.11 Å². The van der Waals surface area contributed by atoms with E-state index in [1.807, 2.05) is 0 Å². The van der Waals surface area contributed by atoms with Crippen LogP contribution < -0.4 is 0 Å². The van der Waals surface area contributed by atoms with Gasteiger partial charge in [0.1, 0.15) is 0 Å². The molecule has 0 saturated heterocycles. The van der Waals surface area contributed by atoms with Crippen LogP contribution in [-0.4, -0.2) is 41.1 Å². The van der Waals surface area contributed by atoms with Gasteiger partial charge in [0.2, 0.25) is 0 Å². The summed E-state index contributed by atoms with van der Waals surface area (Å²) in [6.45, 7) is 2.39. The number of rotatable bonds is 6. The molecule has 3 heteroatoms. The number of halogens is 1. The summed E-state index contributed by atoms with van der Waals surface area (Å²) >= 11 is 3.76. The van der Waals surface area contributed by atoms with Gasteiger partial charge in [0, 0.05) is 24.5 Å². The van der Waals surface area contributed by atoms with E-state index in [9.17, 15) is 5.11 Å². The molecule has 2 saturated carbocycles. The minimum Gasteiger partial charge on any atom is -0.395 e. The maximum atomic E-state index is 9.20. The number of aliphatic hydroxyl groups excluding tert-OH is 1. The van der Waals surface area contributed by atoms with Gasteiger partial charge in [-0.15, -0.1) is 0 Å². The Bertz CT molecular complexity index is 222. The van der Waals surface area contributed by atoms with Crippen LogP contribution in [0.15, 0.2) is 0 Å². The third kappa shape index (κ3) is 3.93. The molecule has 2 rings (SSSR count). The van der Waals surface area contributed by atoms with Crippen LogP contribution in [0.25, 0.3) is 0 Å². The molecular formula is C14H26BrNO. The summed E-state index contributed by atoms with van der Waals surface area (Å²) in [6.07, 6.45) is 11.0. The molecule has 0 aromatic heterocycles. The van der Waals surface area contributed by atoms with Crippen molar-refractivity contribution in [2.45, 2.75) is 57.4 Å². The molecular weight excluding hydrogens is 278 g/mol. The average Bonchev–Trinajstić information content (AvgIpc) is 3.16. The smallest absolute Gasteiger partial charge is 0.0558 e. The zero-order valence-electron chi connectivity index (χ0n) is 10.8. The Morgan fingerprint density at radius 2 is 1.76 bits per heavy atom. The molecule has 2 aliphatic carbocycles. The number of alkyl halides is 1. The van der Waals surface area contributed by atoms with Crippen LogP contribution in [-0.2, 0) is 0 Å². The van der Waals surface area contributed by atoms with Crippen LogP contribution in [0.1, 0.15) is 51.4 Å². The predicted molar refractivity (Wildman–Crippen MR) is 75.6 cm³/mol. The maximum absolute atomic E-state index is 9.20. The van der Waals surface area contributed by atoms with Gasteiger partial charge in [-0.05, 0) is 31.1 Å². The zero-order chi connectivity index (χ0) is 12.1. The summed E-state index contributed by atoms with van der Waals surface area (Å²) in [5.74, 6) is 0. The highest BCUT2D eigenvalue weighted by atomic mass is 79.9. The zero-order valence-corrected chi connectivity index (χ0v) is 12.4. The van der Waals surface area contributed by atoms with Crippen molar-refractivity contribution in [2.24, 2.45) is 5.41 Å². The Kier molecular flexibility index (Phi) is 5.31. The van der Waals surface area contributed by atoms with E-state index in [0.29, 0.717) is 12.0 Å². The van der Waals surface area contributed by atoms with Crippen molar-refractivity contribution in [1.82, 2.24) is 4.90 Å². The fraction of sp³-hybridized carbons (Fsp3) is 1.00. The Hall–Kier alpha value is 0.400. The first kappa shape index (κ1) is 13.8. The second-order valence-corrected chi connectivity index (χ2v) is 6.53. The van der Waals surface area contributed by atoms with Crippen molar-refractivity contribution in [2.75, 3.05) is 25.0 Å². The Labute approximate surface area is 114 Å². The van der Waals surface area contributed by atoms with Crippen molar-refractivity contribution >= 4 is 15.9 Å². The van der Waals surface area contributed by atoms with Gasteiger partial charge in [0.05, 0.1) is 6.61 Å². The molecule has 2 nitrogen and oxygen atoms in total. The third-order valence-corrected chi connectivity index (χ3v) is 5.63. The molecule has 0 spiro atoms. The lowest BCUT2D eigenvalue weighted by atomic mass is 9.82. The lowest BCUT2D eigenvalue weighted by Crippen LogP contribution is -2.41. The maximum Gasteiger partial charge on any atom is 0.0558 e. The summed E-state index contributed by atoms with van der Waals surface area (Å²) in [7, 11) is 0. The molecule has 0 aliphatic heterocycles. The molecule has 0 aromatic carbocycles. The largest absolute Gasteiger partial charge is 0.395 e. The van der Waals surface area contributed by atoms with Crippen molar-refractivity contribution < 1.29 is 5.11 Å². The molecule has 17 heavy (non-hydrogen) atoms. The number of nitrogens with zero attached hydrogens (tertiary/aromatic N) is 1. The second kappa shape index (κ2) is 6.53. The predicted octanol–water partition coefficient (Wildman–Crippen LogP) is 3.18. The van der Waals surface area contributed by atoms with E-state index in [1.54, 1.807) is 0 Å². The van der Waals surface area contributed by atoms with Gasteiger partial charge in [-0.2, -0.15) is 0 Å². The fourth-order valence-corrected chi connectivity index (χ4v) is 3.94. The number of hydrogen-bond acceptors (Lipinski definition) is 2. The van der Waals surface area contributed by atoms with Gasteiger partial charge in [-0.25, -0.2) is 0 Å². The van der Waals surface area contributed by atoms with Gasteiger partial charge in [0.25, 0.3) is 0 Å². The van der Waals surface area contributed by atoms with Gasteiger partial charge >= 0.3 is 0 Å². The number of hydrogen-bond donors (Lipinski definition) is 1. The monoisotopic (exact) mass is 303 g/mol. The SMILES string of the molecule is OCCN(CC1(CBr)CCCCCC1)C1CC1. The molecule has 2 fully saturated rings. The van der Waals surface area contributed by atoms with E-state index in [0.717, 1.165) is 17.9 Å². The highest BCUT2D eigenvalue weighted by Crippen LogP contribution is 2.39. The molecule has 2 aliphatic rings. The minimum absolute atomic E-state index is 0.314. The first-order valence-electron chi connectivity index (χ1n) is 7.20. The fourth-order valence-electron chi connectivity index (χ4n) is 3.20. The molecule has 0 atom stereocenters. The van der Waals surface area contributed by atoms with Crippen LogP contribution >= 0.6 is 15.9 Å². The van der Waals surface area contributed by atoms with Crippen LogP contribution in [0.2, 0.25) is 0 Å². The first-order chi connectivity index (χ1) is 8.29.